The number of fused-ring (bicyclic) bond motifs is 1. The Labute approximate surface area is 122 Å². The van der Waals surface area contributed by atoms with Crippen molar-refractivity contribution in [2.24, 2.45) is 0 Å². The molecule has 0 aliphatic heterocycles. The van der Waals surface area contributed by atoms with Crippen molar-refractivity contribution in [2.45, 2.75) is 33.4 Å². The van der Waals surface area contributed by atoms with E-state index in [1.54, 1.807) is 23.6 Å². The Balaban J connectivity index is 2.56. The van der Waals surface area contributed by atoms with Crippen molar-refractivity contribution in [2.75, 3.05) is 6.54 Å². The molecule has 0 saturated heterocycles. The molecule has 0 radical (unpaired) electrons. The zero-order valence-electron chi connectivity index (χ0n) is 12.4. The van der Waals surface area contributed by atoms with Gasteiger partial charge in [0.15, 0.2) is 0 Å². The van der Waals surface area contributed by atoms with Gasteiger partial charge in [0.1, 0.15) is 11.2 Å². The molecule has 1 atom stereocenters. The smallest absolute Gasteiger partial charge is 0.256 e. The van der Waals surface area contributed by atoms with Gasteiger partial charge in [-0.1, -0.05) is 0 Å². The van der Waals surface area contributed by atoms with Gasteiger partial charge in [0.05, 0.1) is 11.5 Å². The highest BCUT2D eigenvalue weighted by Gasteiger charge is 2.16. The lowest BCUT2D eigenvalue weighted by Crippen LogP contribution is -2.34. The number of aromatic nitrogens is 2. The second kappa shape index (κ2) is 6.05. The van der Waals surface area contributed by atoms with E-state index in [0.717, 1.165) is 5.69 Å². The van der Waals surface area contributed by atoms with Crippen LogP contribution in [-0.4, -0.2) is 33.2 Å². The van der Waals surface area contributed by atoms with Crippen LogP contribution in [0.4, 0.5) is 0 Å². The van der Waals surface area contributed by atoms with Gasteiger partial charge in [-0.15, -0.1) is 0 Å². The quantitative estimate of drug-likeness (QED) is 0.873. The fourth-order valence-electron chi connectivity index (χ4n) is 2.10. The SMILES string of the molecule is CCn1cc(C(=O)NC[C@@H](C)O)c(=O)c2ccc(C)nc21. The molecule has 2 aromatic heterocycles. The van der Waals surface area contributed by atoms with E-state index in [2.05, 4.69) is 10.3 Å². The lowest BCUT2D eigenvalue weighted by molar-refractivity contribution is 0.0922. The number of nitrogens with zero attached hydrogens (tertiary/aromatic N) is 2. The molecule has 2 aromatic rings. The summed E-state index contributed by atoms with van der Waals surface area (Å²) in [6.45, 7) is 6.05. The van der Waals surface area contributed by atoms with Crippen molar-refractivity contribution in [1.29, 1.82) is 0 Å². The second-order valence-corrected chi connectivity index (χ2v) is 5.04. The number of carbonyl (C=O) groups excluding carboxylic acids is 1. The van der Waals surface area contributed by atoms with Crippen molar-refractivity contribution in [3.05, 3.63) is 39.8 Å². The molecular weight excluding hydrogens is 270 g/mol. The Morgan fingerprint density at radius 2 is 2.19 bits per heavy atom. The number of aliphatic hydroxyl groups excluding tert-OH is 1. The van der Waals surface area contributed by atoms with Crippen LogP contribution in [-0.2, 0) is 6.54 Å². The van der Waals surface area contributed by atoms with E-state index in [1.807, 2.05) is 13.8 Å². The summed E-state index contributed by atoms with van der Waals surface area (Å²) < 4.78 is 1.78. The number of aryl methyl sites for hydroxylation is 2. The maximum absolute atomic E-state index is 12.4. The van der Waals surface area contributed by atoms with Gasteiger partial charge in [-0.3, -0.25) is 9.59 Å². The Morgan fingerprint density at radius 3 is 2.81 bits per heavy atom. The van der Waals surface area contributed by atoms with E-state index in [0.29, 0.717) is 17.6 Å². The molecule has 0 bridgehead atoms. The van der Waals surface area contributed by atoms with Crippen LogP contribution in [0, 0.1) is 6.92 Å². The highest BCUT2D eigenvalue weighted by atomic mass is 16.3. The van der Waals surface area contributed by atoms with Crippen LogP contribution in [0.3, 0.4) is 0 Å². The number of nitrogens with one attached hydrogen (secondary N) is 1. The lowest BCUT2D eigenvalue weighted by atomic mass is 10.1. The standard InChI is InChI=1S/C15H19N3O3/c1-4-18-8-12(15(21)16-7-10(3)19)13(20)11-6-5-9(2)17-14(11)18/h5-6,8,10,19H,4,7H2,1-3H3,(H,16,21)/t10-/m1/s1. The molecule has 21 heavy (non-hydrogen) atoms. The third-order valence-electron chi connectivity index (χ3n) is 3.20. The van der Waals surface area contributed by atoms with Crippen molar-refractivity contribution >= 4 is 16.9 Å². The molecule has 1 amide bonds. The Bertz CT molecular complexity index is 735. The molecule has 2 N–H and O–H groups in total. The van der Waals surface area contributed by atoms with E-state index in [9.17, 15) is 14.7 Å². The summed E-state index contributed by atoms with van der Waals surface area (Å²) in [5.41, 5.74) is 1.12. The highest BCUT2D eigenvalue weighted by Crippen LogP contribution is 2.10. The minimum atomic E-state index is -0.660. The predicted octanol–water partition coefficient (Wildman–Crippen LogP) is 0.835. The lowest BCUT2D eigenvalue weighted by Gasteiger charge is -2.12. The molecule has 112 valence electrons. The summed E-state index contributed by atoms with van der Waals surface area (Å²) in [5, 5.41) is 12.2. The first kappa shape index (κ1) is 15.2. The zero-order chi connectivity index (χ0) is 15.6. The molecule has 2 rings (SSSR count). The number of carbonyl (C=O) groups is 1. The third-order valence-corrected chi connectivity index (χ3v) is 3.20. The van der Waals surface area contributed by atoms with E-state index >= 15 is 0 Å². The van der Waals surface area contributed by atoms with Crippen molar-refractivity contribution in [3.63, 3.8) is 0 Å². The number of hydrogen-bond donors (Lipinski definition) is 2. The van der Waals surface area contributed by atoms with Gasteiger partial charge in [-0.05, 0) is 32.9 Å². The Hall–Kier alpha value is -2.21. The first-order chi connectivity index (χ1) is 9.93. The van der Waals surface area contributed by atoms with Gasteiger partial charge in [-0.2, -0.15) is 0 Å². The molecule has 0 saturated carbocycles. The summed E-state index contributed by atoms with van der Waals surface area (Å²) >= 11 is 0. The molecule has 0 aromatic carbocycles. The van der Waals surface area contributed by atoms with Crippen LogP contribution in [0.25, 0.3) is 11.0 Å². The average molecular weight is 289 g/mol. The minimum absolute atomic E-state index is 0.0654. The summed E-state index contributed by atoms with van der Waals surface area (Å²) in [6, 6.07) is 3.44. The van der Waals surface area contributed by atoms with Crippen LogP contribution in [0.1, 0.15) is 29.9 Å². The van der Waals surface area contributed by atoms with Crippen LogP contribution in [0.5, 0.6) is 0 Å². The Kier molecular flexibility index (Phi) is 4.37. The number of hydrogen-bond acceptors (Lipinski definition) is 4. The highest BCUT2D eigenvalue weighted by molar-refractivity contribution is 5.96. The van der Waals surface area contributed by atoms with Crippen molar-refractivity contribution < 1.29 is 9.90 Å². The van der Waals surface area contributed by atoms with Crippen LogP contribution in [0.15, 0.2) is 23.1 Å². The first-order valence-corrected chi connectivity index (χ1v) is 6.91. The number of pyridine rings is 2. The summed E-state index contributed by atoms with van der Waals surface area (Å²) in [6.07, 6.45) is 0.862. The van der Waals surface area contributed by atoms with Gasteiger partial charge in [0.25, 0.3) is 5.91 Å². The van der Waals surface area contributed by atoms with Gasteiger partial charge >= 0.3 is 0 Å². The molecular formula is C15H19N3O3. The van der Waals surface area contributed by atoms with Crippen molar-refractivity contribution in [3.8, 4) is 0 Å². The number of amides is 1. The fourth-order valence-corrected chi connectivity index (χ4v) is 2.10. The molecule has 0 spiro atoms. The monoisotopic (exact) mass is 289 g/mol. The van der Waals surface area contributed by atoms with E-state index in [1.165, 1.54) is 6.20 Å². The van der Waals surface area contributed by atoms with Gasteiger partial charge in [0, 0.05) is 25.0 Å². The molecule has 0 aliphatic carbocycles. The maximum Gasteiger partial charge on any atom is 0.256 e. The van der Waals surface area contributed by atoms with Gasteiger partial charge < -0.3 is 15.0 Å². The van der Waals surface area contributed by atoms with Gasteiger partial charge in [0.2, 0.25) is 5.43 Å². The zero-order valence-corrected chi connectivity index (χ0v) is 12.4. The molecule has 0 aliphatic rings. The van der Waals surface area contributed by atoms with Crippen LogP contribution >= 0.6 is 0 Å². The Morgan fingerprint density at radius 1 is 1.48 bits per heavy atom. The molecule has 2 heterocycles. The largest absolute Gasteiger partial charge is 0.392 e. The number of rotatable bonds is 4. The average Bonchev–Trinajstić information content (AvgIpc) is 2.45. The van der Waals surface area contributed by atoms with E-state index in [-0.39, 0.29) is 17.5 Å². The van der Waals surface area contributed by atoms with Gasteiger partial charge in [-0.25, -0.2) is 4.98 Å². The molecule has 6 nitrogen and oxygen atoms in total. The third kappa shape index (κ3) is 3.11. The van der Waals surface area contributed by atoms with Crippen LogP contribution in [0.2, 0.25) is 0 Å². The summed E-state index contributed by atoms with van der Waals surface area (Å²) in [5.74, 6) is -0.481. The normalized spacial score (nSPS) is 12.4. The molecule has 0 fully saturated rings. The predicted molar refractivity (Wildman–Crippen MR) is 80.4 cm³/mol. The maximum atomic E-state index is 12.4. The van der Waals surface area contributed by atoms with E-state index in [4.69, 9.17) is 0 Å². The van der Waals surface area contributed by atoms with Crippen LogP contribution < -0.4 is 10.7 Å². The minimum Gasteiger partial charge on any atom is -0.392 e. The molecule has 0 unspecified atom stereocenters. The molecule has 6 heteroatoms. The van der Waals surface area contributed by atoms with E-state index < -0.39 is 12.0 Å². The summed E-state index contributed by atoms with van der Waals surface area (Å²) in [7, 11) is 0. The first-order valence-electron chi connectivity index (χ1n) is 6.91. The number of aliphatic hydroxyl groups is 1. The summed E-state index contributed by atoms with van der Waals surface area (Å²) in [4.78, 5) is 28.9. The fraction of sp³-hybridized carbons (Fsp3) is 0.400. The topological polar surface area (TPSA) is 84.2 Å². The van der Waals surface area contributed by atoms with Crippen molar-refractivity contribution in [1.82, 2.24) is 14.9 Å². The second-order valence-electron chi connectivity index (χ2n) is 5.04.